The van der Waals surface area contributed by atoms with Crippen LogP contribution >= 0.6 is 0 Å². The van der Waals surface area contributed by atoms with E-state index in [-0.39, 0.29) is 5.91 Å². The maximum atomic E-state index is 11.5. The normalized spacial score (nSPS) is 12.3. The van der Waals surface area contributed by atoms with Crippen molar-refractivity contribution in [1.82, 2.24) is 15.1 Å². The largest absolute Gasteiger partial charge is 0.368 e. The molecule has 1 amide bonds. The fraction of sp³-hybridized carbons (Fsp3) is 0.286. The van der Waals surface area contributed by atoms with Gasteiger partial charge in [-0.05, 0) is 18.1 Å². The van der Waals surface area contributed by atoms with E-state index in [1.54, 1.807) is 0 Å². The zero-order valence-electron chi connectivity index (χ0n) is 10.9. The van der Waals surface area contributed by atoms with E-state index in [4.69, 9.17) is 5.73 Å². The Bertz CT molecular complexity index is 535. The molecule has 2 rings (SSSR count). The topological polar surface area (TPSA) is 72.9 Å². The molecule has 0 aliphatic rings. The summed E-state index contributed by atoms with van der Waals surface area (Å²) in [5, 5.41) is 7.35. The van der Waals surface area contributed by atoms with Gasteiger partial charge in [-0.25, -0.2) is 0 Å². The van der Waals surface area contributed by atoms with Crippen molar-refractivity contribution in [2.45, 2.75) is 19.5 Å². The van der Waals surface area contributed by atoms with Crippen molar-refractivity contribution in [3.63, 3.8) is 0 Å². The molecule has 0 bridgehead atoms. The Labute approximate surface area is 112 Å². The molecule has 0 saturated heterocycles. The summed E-state index contributed by atoms with van der Waals surface area (Å²) >= 11 is 0. The summed E-state index contributed by atoms with van der Waals surface area (Å²) < 4.78 is 1.84. The Kier molecular flexibility index (Phi) is 4.30. The number of nitrogens with zero attached hydrogens (tertiary/aromatic N) is 2. The molecule has 0 aliphatic carbocycles. The maximum absolute atomic E-state index is 11.5. The number of carbonyl (C=O) groups is 1. The number of nitrogens with two attached hydrogens (primary N) is 1. The maximum Gasteiger partial charge on any atom is 0.239 e. The molecule has 2 aromatic rings. The number of nitrogens with one attached hydrogen (secondary N) is 1. The van der Waals surface area contributed by atoms with Gasteiger partial charge in [0, 0.05) is 12.7 Å². The van der Waals surface area contributed by atoms with Gasteiger partial charge in [-0.15, -0.1) is 0 Å². The lowest BCUT2D eigenvalue weighted by Gasteiger charge is -2.15. The van der Waals surface area contributed by atoms with E-state index < -0.39 is 6.04 Å². The van der Waals surface area contributed by atoms with E-state index in [1.807, 2.05) is 54.3 Å². The van der Waals surface area contributed by atoms with Crippen molar-refractivity contribution in [3.05, 3.63) is 53.9 Å². The first-order valence-corrected chi connectivity index (χ1v) is 6.23. The molecule has 0 aliphatic heterocycles. The highest BCUT2D eigenvalue weighted by atomic mass is 16.1. The molecule has 0 radical (unpaired) electrons. The molecule has 1 atom stereocenters. The fourth-order valence-electron chi connectivity index (χ4n) is 1.94. The van der Waals surface area contributed by atoms with Gasteiger partial charge in [0.05, 0.1) is 12.7 Å². The smallest absolute Gasteiger partial charge is 0.239 e. The van der Waals surface area contributed by atoms with Crippen LogP contribution in [0.1, 0.15) is 17.2 Å². The second kappa shape index (κ2) is 6.15. The monoisotopic (exact) mass is 258 g/mol. The van der Waals surface area contributed by atoms with Gasteiger partial charge in [0.2, 0.25) is 5.91 Å². The van der Waals surface area contributed by atoms with Crippen molar-refractivity contribution in [1.29, 1.82) is 0 Å². The van der Waals surface area contributed by atoms with Crippen LogP contribution in [0.5, 0.6) is 0 Å². The summed E-state index contributed by atoms with van der Waals surface area (Å²) in [5.41, 5.74) is 7.43. The van der Waals surface area contributed by atoms with Crippen LogP contribution in [0.3, 0.4) is 0 Å². The van der Waals surface area contributed by atoms with Crippen LogP contribution in [0.25, 0.3) is 0 Å². The minimum Gasteiger partial charge on any atom is -0.368 e. The van der Waals surface area contributed by atoms with Gasteiger partial charge in [0.1, 0.15) is 6.04 Å². The van der Waals surface area contributed by atoms with E-state index in [9.17, 15) is 4.79 Å². The summed E-state index contributed by atoms with van der Waals surface area (Å²) in [6, 6.07) is 9.01. The van der Waals surface area contributed by atoms with E-state index >= 15 is 0 Å². The Morgan fingerprint density at radius 2 is 2.16 bits per heavy atom. The van der Waals surface area contributed by atoms with E-state index in [2.05, 4.69) is 10.4 Å². The number of hydrogen-bond donors (Lipinski definition) is 2. The van der Waals surface area contributed by atoms with Crippen LogP contribution in [-0.4, -0.2) is 22.2 Å². The standard InChI is InChI=1S/C14H18N4O/c1-11-9-17-18(10-11)8-7-16-13(14(15)19)12-5-3-2-4-6-12/h2-6,9-10,13,16H,7-8H2,1H3,(H2,15,19)/t13-/m0/s1. The van der Waals surface area contributed by atoms with Crippen LogP contribution in [0.2, 0.25) is 0 Å². The fourth-order valence-corrected chi connectivity index (χ4v) is 1.94. The van der Waals surface area contributed by atoms with Crippen molar-refractivity contribution < 1.29 is 4.79 Å². The number of hydrogen-bond acceptors (Lipinski definition) is 3. The number of amides is 1. The Morgan fingerprint density at radius 3 is 2.74 bits per heavy atom. The minimum absolute atomic E-state index is 0.372. The van der Waals surface area contributed by atoms with Crippen LogP contribution in [0, 0.1) is 6.92 Å². The van der Waals surface area contributed by atoms with Gasteiger partial charge >= 0.3 is 0 Å². The molecule has 1 aromatic heterocycles. The SMILES string of the molecule is Cc1cnn(CCN[C@H](C(N)=O)c2ccccc2)c1. The highest BCUT2D eigenvalue weighted by molar-refractivity contribution is 5.81. The number of carbonyl (C=O) groups excluding carboxylic acids is 1. The average Bonchev–Trinajstić information content (AvgIpc) is 2.81. The zero-order valence-corrected chi connectivity index (χ0v) is 10.9. The van der Waals surface area contributed by atoms with Crippen LogP contribution in [-0.2, 0) is 11.3 Å². The lowest BCUT2D eigenvalue weighted by atomic mass is 10.1. The lowest BCUT2D eigenvalue weighted by molar-refractivity contribution is -0.120. The van der Waals surface area contributed by atoms with Gasteiger partial charge in [0.15, 0.2) is 0 Å². The van der Waals surface area contributed by atoms with E-state index in [1.165, 1.54) is 0 Å². The second-order valence-corrected chi connectivity index (χ2v) is 4.48. The highest BCUT2D eigenvalue weighted by Crippen LogP contribution is 2.11. The highest BCUT2D eigenvalue weighted by Gasteiger charge is 2.16. The van der Waals surface area contributed by atoms with Crippen LogP contribution in [0.4, 0.5) is 0 Å². The molecular weight excluding hydrogens is 240 g/mol. The Morgan fingerprint density at radius 1 is 1.42 bits per heavy atom. The molecule has 19 heavy (non-hydrogen) atoms. The number of rotatable bonds is 6. The molecule has 3 N–H and O–H groups in total. The number of aromatic nitrogens is 2. The third-order valence-corrected chi connectivity index (χ3v) is 2.87. The average molecular weight is 258 g/mol. The molecule has 5 nitrogen and oxygen atoms in total. The third-order valence-electron chi connectivity index (χ3n) is 2.87. The van der Waals surface area contributed by atoms with Gasteiger partial charge in [-0.2, -0.15) is 5.10 Å². The van der Waals surface area contributed by atoms with Crippen molar-refractivity contribution in [2.24, 2.45) is 5.73 Å². The van der Waals surface area contributed by atoms with Crippen LogP contribution in [0.15, 0.2) is 42.7 Å². The van der Waals surface area contributed by atoms with E-state index in [0.29, 0.717) is 13.1 Å². The van der Waals surface area contributed by atoms with Crippen molar-refractivity contribution in [2.75, 3.05) is 6.54 Å². The number of aryl methyl sites for hydroxylation is 1. The first kappa shape index (κ1) is 13.3. The predicted molar refractivity (Wildman–Crippen MR) is 73.3 cm³/mol. The first-order chi connectivity index (χ1) is 9.16. The van der Waals surface area contributed by atoms with Crippen LogP contribution < -0.4 is 11.1 Å². The number of benzene rings is 1. The van der Waals surface area contributed by atoms with Gasteiger partial charge in [-0.3, -0.25) is 9.48 Å². The summed E-state index contributed by atoms with van der Waals surface area (Å²) in [6.45, 7) is 3.32. The van der Waals surface area contributed by atoms with E-state index in [0.717, 1.165) is 11.1 Å². The van der Waals surface area contributed by atoms with Crippen molar-refractivity contribution >= 4 is 5.91 Å². The molecule has 1 heterocycles. The quantitative estimate of drug-likeness (QED) is 0.812. The Balaban J connectivity index is 1.93. The Hall–Kier alpha value is -2.14. The molecule has 0 fully saturated rings. The zero-order chi connectivity index (χ0) is 13.7. The molecule has 100 valence electrons. The summed E-state index contributed by atoms with van der Waals surface area (Å²) in [6.07, 6.45) is 3.77. The molecular formula is C14H18N4O. The number of primary amides is 1. The van der Waals surface area contributed by atoms with Gasteiger partial charge in [-0.1, -0.05) is 30.3 Å². The third kappa shape index (κ3) is 3.66. The second-order valence-electron chi connectivity index (χ2n) is 4.48. The van der Waals surface area contributed by atoms with Crippen molar-refractivity contribution in [3.8, 4) is 0 Å². The predicted octanol–water partition coefficient (Wildman–Crippen LogP) is 1.01. The van der Waals surface area contributed by atoms with Gasteiger partial charge < -0.3 is 11.1 Å². The molecule has 1 aromatic carbocycles. The summed E-state index contributed by atoms with van der Waals surface area (Å²) in [7, 11) is 0. The molecule has 5 heteroatoms. The molecule has 0 saturated carbocycles. The summed E-state index contributed by atoms with van der Waals surface area (Å²) in [5.74, 6) is -0.372. The lowest BCUT2D eigenvalue weighted by Crippen LogP contribution is -2.35. The van der Waals surface area contributed by atoms with Gasteiger partial charge in [0.25, 0.3) is 0 Å². The summed E-state index contributed by atoms with van der Waals surface area (Å²) in [4.78, 5) is 11.5. The molecule has 0 spiro atoms. The minimum atomic E-state index is -0.460. The molecule has 0 unspecified atom stereocenters. The first-order valence-electron chi connectivity index (χ1n) is 6.23.